The van der Waals surface area contributed by atoms with Crippen molar-refractivity contribution in [2.24, 2.45) is 0 Å². The Morgan fingerprint density at radius 2 is 2.00 bits per heavy atom. The highest BCUT2D eigenvalue weighted by Crippen LogP contribution is 2.28. The molecule has 0 aromatic heterocycles. The Bertz CT molecular complexity index is 406. The Balaban J connectivity index is 3.24. The molecule has 0 saturated carbocycles. The highest BCUT2D eigenvalue weighted by atomic mass is 79.9. The molecule has 0 aliphatic heterocycles. The number of carbonyl (C=O) groups is 1. The number of benzene rings is 1. The zero-order valence-electron chi connectivity index (χ0n) is 10.2. The van der Waals surface area contributed by atoms with Crippen LogP contribution in [0.1, 0.15) is 37.0 Å². The predicted molar refractivity (Wildman–Crippen MR) is 68.8 cm³/mol. The number of methoxy groups -OCH3 is 1. The minimum absolute atomic E-state index is 0.0740. The van der Waals surface area contributed by atoms with Gasteiger partial charge in [-0.2, -0.15) is 0 Å². The summed E-state index contributed by atoms with van der Waals surface area (Å²) in [6, 6.07) is 4.70. The van der Waals surface area contributed by atoms with E-state index in [-0.39, 0.29) is 11.3 Å². The van der Waals surface area contributed by atoms with Crippen LogP contribution in [0.3, 0.4) is 0 Å². The number of rotatable bonds is 5. The molecule has 0 spiro atoms. The molecule has 0 aliphatic rings. The first-order valence-electron chi connectivity index (χ1n) is 5.56. The number of carbonyl (C=O) groups excluding carboxylic acids is 1. The highest BCUT2D eigenvalue weighted by Gasteiger charge is 2.36. The van der Waals surface area contributed by atoms with Crippen LogP contribution in [0.4, 0.5) is 4.39 Å². The second-order valence-electron chi connectivity index (χ2n) is 3.84. The van der Waals surface area contributed by atoms with Gasteiger partial charge >= 0.3 is 0 Å². The smallest absolute Gasteiger partial charge is 0.197 e. The molecule has 4 heteroatoms. The molecule has 0 radical (unpaired) electrons. The van der Waals surface area contributed by atoms with Crippen molar-refractivity contribution in [3.05, 3.63) is 34.1 Å². The SMILES string of the molecule is CCC(CC)(OC)C(=O)c1cccc(Br)c1F. The molecule has 0 atom stereocenters. The van der Waals surface area contributed by atoms with E-state index in [2.05, 4.69) is 15.9 Å². The summed E-state index contributed by atoms with van der Waals surface area (Å²) < 4.78 is 19.5. The van der Waals surface area contributed by atoms with E-state index in [0.29, 0.717) is 17.3 Å². The van der Waals surface area contributed by atoms with E-state index in [0.717, 1.165) is 0 Å². The van der Waals surface area contributed by atoms with Gasteiger partial charge in [-0.1, -0.05) is 19.9 Å². The standard InChI is InChI=1S/C13H16BrFO2/c1-4-13(5-2,17-3)12(16)9-7-6-8-10(14)11(9)15/h6-8H,4-5H2,1-3H3. The lowest BCUT2D eigenvalue weighted by Crippen LogP contribution is -2.40. The first kappa shape index (κ1) is 14.3. The molecule has 0 bridgehead atoms. The van der Waals surface area contributed by atoms with Gasteiger partial charge in [0.15, 0.2) is 5.78 Å². The lowest BCUT2D eigenvalue weighted by molar-refractivity contribution is -0.00293. The third-order valence-corrected chi connectivity index (χ3v) is 3.76. The molecule has 1 aromatic carbocycles. The van der Waals surface area contributed by atoms with E-state index >= 15 is 0 Å². The topological polar surface area (TPSA) is 26.3 Å². The van der Waals surface area contributed by atoms with Gasteiger partial charge in [0.2, 0.25) is 0 Å². The Labute approximate surface area is 109 Å². The number of ether oxygens (including phenoxy) is 1. The lowest BCUT2D eigenvalue weighted by Gasteiger charge is -2.28. The summed E-state index contributed by atoms with van der Waals surface area (Å²) in [5.41, 5.74) is -0.855. The number of halogens is 2. The van der Waals surface area contributed by atoms with Crippen LogP contribution >= 0.6 is 15.9 Å². The van der Waals surface area contributed by atoms with Gasteiger partial charge in [-0.15, -0.1) is 0 Å². The van der Waals surface area contributed by atoms with Gasteiger partial charge in [0.25, 0.3) is 0 Å². The first-order valence-corrected chi connectivity index (χ1v) is 6.35. The third-order valence-electron chi connectivity index (χ3n) is 3.14. The molecule has 94 valence electrons. The van der Waals surface area contributed by atoms with Crippen molar-refractivity contribution >= 4 is 21.7 Å². The summed E-state index contributed by atoms with van der Waals surface area (Å²) in [5, 5.41) is 0. The molecule has 0 aliphatic carbocycles. The Kier molecular flexibility index (Phi) is 4.83. The normalized spacial score (nSPS) is 11.6. The van der Waals surface area contributed by atoms with Crippen molar-refractivity contribution in [3.8, 4) is 0 Å². The summed E-state index contributed by atoms with van der Waals surface area (Å²) in [5.74, 6) is -0.829. The zero-order valence-corrected chi connectivity index (χ0v) is 11.8. The molecule has 0 N–H and O–H groups in total. The third kappa shape index (κ3) is 2.58. The molecule has 17 heavy (non-hydrogen) atoms. The second-order valence-corrected chi connectivity index (χ2v) is 4.69. The Morgan fingerprint density at radius 3 is 2.47 bits per heavy atom. The molecule has 1 rings (SSSR count). The monoisotopic (exact) mass is 302 g/mol. The summed E-state index contributed by atoms with van der Waals surface area (Å²) in [6.45, 7) is 3.72. The summed E-state index contributed by atoms with van der Waals surface area (Å²) in [7, 11) is 1.49. The van der Waals surface area contributed by atoms with Crippen molar-refractivity contribution in [2.45, 2.75) is 32.3 Å². The van der Waals surface area contributed by atoms with Gasteiger partial charge in [0, 0.05) is 7.11 Å². The Hall–Kier alpha value is -0.740. The van der Waals surface area contributed by atoms with Crippen LogP contribution in [0, 0.1) is 5.82 Å². The van der Waals surface area contributed by atoms with Crippen LogP contribution in [0.5, 0.6) is 0 Å². The van der Waals surface area contributed by atoms with Gasteiger partial charge in [0.05, 0.1) is 10.0 Å². The van der Waals surface area contributed by atoms with Gasteiger partial charge < -0.3 is 4.74 Å². The van der Waals surface area contributed by atoms with E-state index in [1.165, 1.54) is 13.2 Å². The van der Waals surface area contributed by atoms with E-state index < -0.39 is 11.4 Å². The molecular weight excluding hydrogens is 287 g/mol. The maximum absolute atomic E-state index is 13.9. The van der Waals surface area contributed by atoms with Crippen molar-refractivity contribution < 1.29 is 13.9 Å². The first-order chi connectivity index (χ1) is 8.02. The molecule has 0 unspecified atom stereocenters. The largest absolute Gasteiger partial charge is 0.370 e. The lowest BCUT2D eigenvalue weighted by atomic mass is 9.87. The fraction of sp³-hybridized carbons (Fsp3) is 0.462. The summed E-state index contributed by atoms with van der Waals surface area (Å²) >= 11 is 3.08. The summed E-state index contributed by atoms with van der Waals surface area (Å²) in [6.07, 6.45) is 1.04. The van der Waals surface area contributed by atoms with Crippen molar-refractivity contribution in [3.63, 3.8) is 0 Å². The van der Waals surface area contributed by atoms with Crippen LogP contribution in [0.15, 0.2) is 22.7 Å². The number of hydrogen-bond acceptors (Lipinski definition) is 2. The number of Topliss-reactive ketones (excluding diaryl/α,β-unsaturated/α-hetero) is 1. The molecule has 2 nitrogen and oxygen atoms in total. The van der Waals surface area contributed by atoms with Gasteiger partial charge in [-0.05, 0) is 40.9 Å². The maximum Gasteiger partial charge on any atom is 0.197 e. The van der Waals surface area contributed by atoms with Crippen LogP contribution in [0.2, 0.25) is 0 Å². The van der Waals surface area contributed by atoms with Crippen LogP contribution in [-0.2, 0) is 4.74 Å². The van der Waals surface area contributed by atoms with Crippen LogP contribution in [0.25, 0.3) is 0 Å². The number of ketones is 1. The molecule has 0 amide bonds. The fourth-order valence-corrected chi connectivity index (χ4v) is 2.24. The minimum atomic E-state index is -0.929. The second kappa shape index (κ2) is 5.74. The molecule has 0 saturated heterocycles. The van der Waals surface area contributed by atoms with Crippen LogP contribution < -0.4 is 0 Å². The average molecular weight is 303 g/mol. The van der Waals surface area contributed by atoms with E-state index in [4.69, 9.17) is 4.74 Å². The predicted octanol–water partition coefficient (Wildman–Crippen LogP) is 3.98. The van der Waals surface area contributed by atoms with Gasteiger partial charge in [0.1, 0.15) is 11.4 Å². The maximum atomic E-state index is 13.9. The van der Waals surface area contributed by atoms with E-state index in [1.807, 2.05) is 13.8 Å². The van der Waals surface area contributed by atoms with Crippen molar-refractivity contribution in [1.29, 1.82) is 0 Å². The molecule has 0 fully saturated rings. The molecule has 0 heterocycles. The fourth-order valence-electron chi connectivity index (χ4n) is 1.88. The van der Waals surface area contributed by atoms with Crippen LogP contribution in [-0.4, -0.2) is 18.5 Å². The van der Waals surface area contributed by atoms with E-state index in [9.17, 15) is 9.18 Å². The molecular formula is C13H16BrFO2. The zero-order chi connectivity index (χ0) is 13.1. The summed E-state index contributed by atoms with van der Waals surface area (Å²) in [4.78, 5) is 12.3. The average Bonchev–Trinajstić information content (AvgIpc) is 2.35. The van der Waals surface area contributed by atoms with Crippen molar-refractivity contribution in [2.75, 3.05) is 7.11 Å². The van der Waals surface area contributed by atoms with Crippen molar-refractivity contribution in [1.82, 2.24) is 0 Å². The van der Waals surface area contributed by atoms with Gasteiger partial charge in [-0.3, -0.25) is 4.79 Å². The minimum Gasteiger partial charge on any atom is -0.370 e. The van der Waals surface area contributed by atoms with E-state index in [1.54, 1.807) is 12.1 Å². The number of hydrogen-bond donors (Lipinski definition) is 0. The van der Waals surface area contributed by atoms with Gasteiger partial charge in [-0.25, -0.2) is 4.39 Å². The highest BCUT2D eigenvalue weighted by molar-refractivity contribution is 9.10. The quantitative estimate of drug-likeness (QED) is 0.769. The molecule has 1 aromatic rings. The Morgan fingerprint density at radius 1 is 1.41 bits per heavy atom.